The van der Waals surface area contributed by atoms with Crippen molar-refractivity contribution >= 4 is 18.0 Å². The van der Waals surface area contributed by atoms with E-state index in [4.69, 9.17) is 10.5 Å². The molecule has 0 bridgehead atoms. The third-order valence-corrected chi connectivity index (χ3v) is 2.96. The largest absolute Gasteiger partial charge is 0.260 e. The minimum atomic E-state index is 0.0650. The number of thioether (sulfide) groups is 1. The van der Waals surface area contributed by atoms with E-state index in [-0.39, 0.29) is 5.57 Å². The first-order valence-electron chi connectivity index (χ1n) is 5.14. The summed E-state index contributed by atoms with van der Waals surface area (Å²) in [5.74, 6) is 0. The van der Waals surface area contributed by atoms with Crippen LogP contribution >= 0.6 is 11.8 Å². The third-order valence-electron chi connectivity index (χ3n) is 2.10. The number of hydrogen-bond acceptors (Lipinski definition) is 5. The molecule has 1 rings (SSSR count). The minimum Gasteiger partial charge on any atom is -0.260 e. The van der Waals surface area contributed by atoms with Gasteiger partial charge in [0, 0.05) is 7.05 Å². The van der Waals surface area contributed by atoms with Crippen LogP contribution in [0.2, 0.25) is 0 Å². The SMILES string of the molecule is CSC(=C(C#N)C#N)N(C)N=Cc1ccccc1. The fraction of sp³-hybridized carbons (Fsp3) is 0.154. The highest BCUT2D eigenvalue weighted by atomic mass is 32.2. The van der Waals surface area contributed by atoms with Gasteiger partial charge in [0.2, 0.25) is 0 Å². The Kier molecular flexibility index (Phi) is 5.50. The molecular weight excluding hydrogens is 244 g/mol. The zero-order valence-electron chi connectivity index (χ0n) is 10.2. The molecule has 18 heavy (non-hydrogen) atoms. The van der Waals surface area contributed by atoms with Crippen molar-refractivity contribution in [2.24, 2.45) is 5.10 Å². The molecule has 0 saturated heterocycles. The molecule has 1 aromatic carbocycles. The molecular formula is C13H12N4S. The Labute approximate surface area is 111 Å². The average molecular weight is 256 g/mol. The van der Waals surface area contributed by atoms with Gasteiger partial charge in [0.05, 0.1) is 6.21 Å². The Morgan fingerprint density at radius 3 is 2.39 bits per heavy atom. The number of hydrazone groups is 1. The van der Waals surface area contributed by atoms with Gasteiger partial charge in [0.1, 0.15) is 17.2 Å². The highest BCUT2D eigenvalue weighted by Crippen LogP contribution is 2.20. The van der Waals surface area contributed by atoms with Crippen LogP contribution in [0.25, 0.3) is 0 Å². The van der Waals surface area contributed by atoms with E-state index in [9.17, 15) is 0 Å². The normalized spacial score (nSPS) is 9.56. The lowest BCUT2D eigenvalue weighted by atomic mass is 10.2. The summed E-state index contributed by atoms with van der Waals surface area (Å²) < 4.78 is 0. The van der Waals surface area contributed by atoms with E-state index in [1.165, 1.54) is 16.8 Å². The van der Waals surface area contributed by atoms with Crippen LogP contribution < -0.4 is 0 Å². The van der Waals surface area contributed by atoms with E-state index < -0.39 is 0 Å². The van der Waals surface area contributed by atoms with Crippen LogP contribution in [0.5, 0.6) is 0 Å². The predicted octanol–water partition coefficient (Wildman–Crippen LogP) is 2.57. The Bertz CT molecular complexity index is 518. The van der Waals surface area contributed by atoms with Gasteiger partial charge in [0.25, 0.3) is 0 Å². The lowest BCUT2D eigenvalue weighted by Crippen LogP contribution is -2.10. The summed E-state index contributed by atoms with van der Waals surface area (Å²) in [5.41, 5.74) is 1.02. The Morgan fingerprint density at radius 2 is 1.89 bits per heavy atom. The second-order valence-corrected chi connectivity index (χ2v) is 4.08. The van der Waals surface area contributed by atoms with Crippen molar-refractivity contribution < 1.29 is 0 Å². The van der Waals surface area contributed by atoms with Gasteiger partial charge in [0.15, 0.2) is 5.57 Å². The Balaban J connectivity index is 2.92. The van der Waals surface area contributed by atoms with Crippen LogP contribution in [0, 0.1) is 22.7 Å². The van der Waals surface area contributed by atoms with Crippen molar-refractivity contribution in [1.29, 1.82) is 10.5 Å². The van der Waals surface area contributed by atoms with Gasteiger partial charge in [-0.05, 0) is 11.8 Å². The quantitative estimate of drug-likeness (QED) is 0.472. The predicted molar refractivity (Wildman–Crippen MR) is 73.6 cm³/mol. The van der Waals surface area contributed by atoms with Crippen LogP contribution in [0.3, 0.4) is 0 Å². The molecule has 0 amide bonds. The molecule has 90 valence electrons. The van der Waals surface area contributed by atoms with Gasteiger partial charge < -0.3 is 0 Å². The minimum absolute atomic E-state index is 0.0650. The molecule has 5 heteroatoms. The van der Waals surface area contributed by atoms with Gasteiger partial charge in [-0.3, -0.25) is 5.01 Å². The van der Waals surface area contributed by atoms with Gasteiger partial charge in [-0.15, -0.1) is 11.8 Å². The maximum Gasteiger partial charge on any atom is 0.161 e. The summed E-state index contributed by atoms with van der Waals surface area (Å²) in [7, 11) is 1.71. The van der Waals surface area contributed by atoms with E-state index in [1.54, 1.807) is 19.5 Å². The molecule has 0 radical (unpaired) electrons. The van der Waals surface area contributed by atoms with Crippen molar-refractivity contribution in [2.45, 2.75) is 0 Å². The van der Waals surface area contributed by atoms with E-state index in [1.807, 2.05) is 42.5 Å². The van der Waals surface area contributed by atoms with Gasteiger partial charge in [-0.2, -0.15) is 15.6 Å². The molecule has 0 spiro atoms. The van der Waals surface area contributed by atoms with Crippen LogP contribution in [-0.2, 0) is 0 Å². The van der Waals surface area contributed by atoms with Crippen molar-refractivity contribution in [3.05, 3.63) is 46.5 Å². The maximum absolute atomic E-state index is 8.84. The van der Waals surface area contributed by atoms with Gasteiger partial charge >= 0.3 is 0 Å². The fourth-order valence-electron chi connectivity index (χ4n) is 1.26. The molecule has 0 unspecified atom stereocenters. The lowest BCUT2D eigenvalue weighted by Gasteiger charge is -2.14. The number of nitrogens with zero attached hydrogens (tertiary/aromatic N) is 4. The molecule has 0 N–H and O–H groups in total. The molecule has 1 aromatic rings. The number of benzene rings is 1. The standard InChI is InChI=1S/C13H12N4S/c1-17(13(18-2)12(8-14)9-15)16-10-11-6-4-3-5-7-11/h3-7,10H,1-2H3. The van der Waals surface area contributed by atoms with E-state index in [2.05, 4.69) is 5.10 Å². The second kappa shape index (κ2) is 7.16. The third kappa shape index (κ3) is 3.65. The first-order chi connectivity index (χ1) is 8.72. The average Bonchev–Trinajstić information content (AvgIpc) is 2.43. The molecule has 0 fully saturated rings. The van der Waals surface area contributed by atoms with E-state index in [0.29, 0.717) is 5.03 Å². The highest BCUT2D eigenvalue weighted by molar-refractivity contribution is 8.02. The van der Waals surface area contributed by atoms with Crippen molar-refractivity contribution in [1.82, 2.24) is 5.01 Å². The number of allylic oxidation sites excluding steroid dienone is 1. The van der Waals surface area contributed by atoms with Crippen LogP contribution in [0.15, 0.2) is 46.0 Å². The molecule has 4 nitrogen and oxygen atoms in total. The van der Waals surface area contributed by atoms with Crippen LogP contribution in [-0.4, -0.2) is 24.5 Å². The maximum atomic E-state index is 8.84. The van der Waals surface area contributed by atoms with E-state index >= 15 is 0 Å². The summed E-state index contributed by atoms with van der Waals surface area (Å²) >= 11 is 1.32. The second-order valence-electron chi connectivity index (χ2n) is 3.29. The van der Waals surface area contributed by atoms with Crippen LogP contribution in [0.4, 0.5) is 0 Å². The Morgan fingerprint density at radius 1 is 1.28 bits per heavy atom. The summed E-state index contributed by atoms with van der Waals surface area (Å²) in [5, 5.41) is 24.0. The summed E-state index contributed by atoms with van der Waals surface area (Å²) in [6.45, 7) is 0. The zero-order chi connectivity index (χ0) is 13.4. The molecule has 0 aliphatic carbocycles. The highest BCUT2D eigenvalue weighted by Gasteiger charge is 2.09. The molecule has 0 aromatic heterocycles. The van der Waals surface area contributed by atoms with Crippen molar-refractivity contribution in [3.8, 4) is 12.1 Å². The summed E-state index contributed by atoms with van der Waals surface area (Å²) in [4.78, 5) is 0. The molecule has 0 atom stereocenters. The number of nitriles is 2. The first-order valence-corrected chi connectivity index (χ1v) is 6.36. The molecule has 0 saturated carbocycles. The summed E-state index contributed by atoms with van der Waals surface area (Å²) in [6, 6.07) is 13.3. The van der Waals surface area contributed by atoms with Crippen LogP contribution in [0.1, 0.15) is 5.56 Å². The monoisotopic (exact) mass is 256 g/mol. The number of hydrogen-bond donors (Lipinski definition) is 0. The topological polar surface area (TPSA) is 63.2 Å². The first kappa shape index (κ1) is 13.8. The molecule has 0 aliphatic heterocycles. The van der Waals surface area contributed by atoms with E-state index in [0.717, 1.165) is 5.56 Å². The summed E-state index contributed by atoms with van der Waals surface area (Å²) in [6.07, 6.45) is 3.49. The van der Waals surface area contributed by atoms with Crippen molar-refractivity contribution in [3.63, 3.8) is 0 Å². The Hall–Kier alpha value is -2.24. The smallest absolute Gasteiger partial charge is 0.161 e. The zero-order valence-corrected chi connectivity index (χ0v) is 11.0. The molecule has 0 aliphatic rings. The number of rotatable bonds is 4. The molecule has 0 heterocycles. The fourth-order valence-corrected chi connectivity index (χ4v) is 1.87. The van der Waals surface area contributed by atoms with Crippen molar-refractivity contribution in [2.75, 3.05) is 13.3 Å². The van der Waals surface area contributed by atoms with Gasteiger partial charge in [-0.1, -0.05) is 30.3 Å². The lowest BCUT2D eigenvalue weighted by molar-refractivity contribution is 0.479. The van der Waals surface area contributed by atoms with Gasteiger partial charge in [-0.25, -0.2) is 0 Å².